The van der Waals surface area contributed by atoms with Crippen LogP contribution in [0, 0.1) is 11.3 Å². The topological polar surface area (TPSA) is 39.9 Å². The second kappa shape index (κ2) is 3.99. The number of hydrogen-bond donors (Lipinski definition) is 0. The van der Waals surface area contributed by atoms with Crippen LogP contribution < -0.4 is 4.90 Å². The summed E-state index contributed by atoms with van der Waals surface area (Å²) < 4.78 is 0. The number of benzene rings is 1. The number of anilines is 1. The van der Waals surface area contributed by atoms with Crippen LogP contribution in [0.2, 0.25) is 5.02 Å². The minimum atomic E-state index is 0.401. The van der Waals surface area contributed by atoms with Gasteiger partial charge >= 0.3 is 0 Å². The summed E-state index contributed by atoms with van der Waals surface area (Å²) in [5.41, 5.74) is 2.12. The molecule has 0 aliphatic heterocycles. The molecule has 2 rings (SSSR count). The lowest BCUT2D eigenvalue weighted by atomic mass is 10.1. The summed E-state index contributed by atoms with van der Waals surface area (Å²) in [5, 5.41) is 10.5. The molecule has 1 aromatic carbocycles. The zero-order chi connectivity index (χ0) is 11.7. The number of aromatic nitrogens is 1. The number of halogens is 1. The van der Waals surface area contributed by atoms with Gasteiger partial charge in [0.1, 0.15) is 11.8 Å². The van der Waals surface area contributed by atoms with Crippen LogP contribution in [0.5, 0.6) is 0 Å². The summed E-state index contributed by atoms with van der Waals surface area (Å²) in [6.07, 6.45) is 0. The monoisotopic (exact) mass is 231 g/mol. The number of nitriles is 1. The maximum absolute atomic E-state index is 8.91. The Morgan fingerprint density at radius 1 is 1.31 bits per heavy atom. The molecule has 0 aliphatic rings. The highest BCUT2D eigenvalue weighted by Gasteiger charge is 2.07. The van der Waals surface area contributed by atoms with Gasteiger partial charge in [-0.2, -0.15) is 5.26 Å². The van der Waals surface area contributed by atoms with Crippen LogP contribution >= 0.6 is 11.6 Å². The number of nitrogens with zero attached hydrogens (tertiary/aromatic N) is 3. The summed E-state index contributed by atoms with van der Waals surface area (Å²) in [7, 11) is 3.87. The highest BCUT2D eigenvalue weighted by Crippen LogP contribution is 2.27. The van der Waals surface area contributed by atoms with Gasteiger partial charge in [0.25, 0.3) is 0 Å². The first-order valence-electron chi connectivity index (χ1n) is 4.79. The molecule has 80 valence electrons. The van der Waals surface area contributed by atoms with E-state index >= 15 is 0 Å². The van der Waals surface area contributed by atoms with E-state index in [4.69, 9.17) is 16.9 Å². The molecule has 0 amide bonds. The van der Waals surface area contributed by atoms with Gasteiger partial charge in [0.2, 0.25) is 0 Å². The highest BCUT2D eigenvalue weighted by atomic mass is 35.5. The second-order valence-electron chi connectivity index (χ2n) is 3.69. The van der Waals surface area contributed by atoms with E-state index in [-0.39, 0.29) is 0 Å². The molecule has 0 spiro atoms. The third-order valence-electron chi connectivity index (χ3n) is 2.35. The lowest BCUT2D eigenvalue weighted by molar-refractivity contribution is 1.13. The van der Waals surface area contributed by atoms with E-state index < -0.39 is 0 Å². The predicted molar refractivity (Wildman–Crippen MR) is 65.8 cm³/mol. The summed E-state index contributed by atoms with van der Waals surface area (Å²) in [5.74, 6) is 0. The average Bonchev–Trinajstić information content (AvgIpc) is 2.26. The van der Waals surface area contributed by atoms with Crippen LogP contribution in [0.1, 0.15) is 5.69 Å². The fraction of sp³-hybridized carbons (Fsp3) is 0.167. The first kappa shape index (κ1) is 10.7. The van der Waals surface area contributed by atoms with Crippen molar-refractivity contribution < 1.29 is 0 Å². The number of pyridine rings is 1. The van der Waals surface area contributed by atoms with Gasteiger partial charge in [0.15, 0.2) is 0 Å². The molecule has 0 saturated heterocycles. The number of hydrogen-bond acceptors (Lipinski definition) is 3. The van der Waals surface area contributed by atoms with E-state index in [1.54, 1.807) is 12.1 Å². The molecule has 0 aliphatic carbocycles. The van der Waals surface area contributed by atoms with E-state index in [0.29, 0.717) is 10.7 Å². The van der Waals surface area contributed by atoms with Crippen LogP contribution in [0.4, 0.5) is 5.69 Å². The molecule has 0 saturated carbocycles. The van der Waals surface area contributed by atoms with Gasteiger partial charge in [-0.15, -0.1) is 0 Å². The van der Waals surface area contributed by atoms with Crippen molar-refractivity contribution in [1.29, 1.82) is 5.26 Å². The minimum Gasteiger partial charge on any atom is -0.377 e. The van der Waals surface area contributed by atoms with E-state index in [1.807, 2.05) is 31.1 Å². The van der Waals surface area contributed by atoms with Gasteiger partial charge in [0.05, 0.1) is 5.52 Å². The van der Waals surface area contributed by atoms with Crippen molar-refractivity contribution in [3.05, 3.63) is 35.0 Å². The zero-order valence-corrected chi connectivity index (χ0v) is 9.78. The van der Waals surface area contributed by atoms with Crippen molar-refractivity contribution >= 4 is 28.2 Å². The first-order chi connectivity index (χ1) is 7.61. The third-order valence-corrected chi connectivity index (χ3v) is 2.58. The van der Waals surface area contributed by atoms with Crippen LogP contribution in [-0.4, -0.2) is 19.1 Å². The predicted octanol–water partition coefficient (Wildman–Crippen LogP) is 2.83. The molecule has 4 heteroatoms. The average molecular weight is 232 g/mol. The minimum absolute atomic E-state index is 0.401. The van der Waals surface area contributed by atoms with E-state index in [9.17, 15) is 0 Å². The smallest absolute Gasteiger partial charge is 0.143 e. The Hall–Kier alpha value is -1.79. The quantitative estimate of drug-likeness (QED) is 0.758. The molecule has 0 bridgehead atoms. The van der Waals surface area contributed by atoms with E-state index in [2.05, 4.69) is 11.1 Å². The van der Waals surface area contributed by atoms with Crippen LogP contribution in [0.25, 0.3) is 10.9 Å². The maximum atomic E-state index is 8.91. The Morgan fingerprint density at radius 3 is 2.69 bits per heavy atom. The largest absolute Gasteiger partial charge is 0.377 e. The third kappa shape index (κ3) is 1.80. The maximum Gasteiger partial charge on any atom is 0.143 e. The molecule has 0 fully saturated rings. The van der Waals surface area contributed by atoms with E-state index in [0.717, 1.165) is 16.6 Å². The normalized spacial score (nSPS) is 10.1. The highest BCUT2D eigenvalue weighted by molar-refractivity contribution is 6.31. The Bertz CT molecular complexity index is 585. The van der Waals surface area contributed by atoms with Gasteiger partial charge in [0, 0.05) is 30.2 Å². The van der Waals surface area contributed by atoms with Crippen molar-refractivity contribution in [3.8, 4) is 6.07 Å². The Kier molecular flexibility index (Phi) is 2.67. The molecule has 0 N–H and O–H groups in total. The van der Waals surface area contributed by atoms with Gasteiger partial charge in [-0.1, -0.05) is 11.6 Å². The van der Waals surface area contributed by atoms with Crippen LogP contribution in [-0.2, 0) is 0 Å². The molecule has 0 atom stereocenters. The van der Waals surface area contributed by atoms with Crippen molar-refractivity contribution in [1.82, 2.24) is 4.98 Å². The lowest BCUT2D eigenvalue weighted by Crippen LogP contribution is -2.10. The van der Waals surface area contributed by atoms with Gasteiger partial charge in [-0.3, -0.25) is 0 Å². The lowest BCUT2D eigenvalue weighted by Gasteiger charge is -2.15. The fourth-order valence-electron chi connectivity index (χ4n) is 1.61. The molecular weight excluding hydrogens is 222 g/mol. The molecule has 1 heterocycles. The Balaban J connectivity index is 2.83. The van der Waals surface area contributed by atoms with E-state index in [1.165, 1.54) is 0 Å². The fourth-order valence-corrected chi connectivity index (χ4v) is 1.78. The summed E-state index contributed by atoms with van der Waals surface area (Å²) in [4.78, 5) is 6.18. The molecule has 0 radical (unpaired) electrons. The molecule has 1 aromatic heterocycles. The van der Waals surface area contributed by atoms with Gasteiger partial charge in [-0.05, 0) is 24.3 Å². The van der Waals surface area contributed by atoms with Crippen LogP contribution in [0.15, 0.2) is 24.3 Å². The molecule has 2 aromatic rings. The van der Waals surface area contributed by atoms with Crippen molar-refractivity contribution in [3.63, 3.8) is 0 Å². The molecular formula is C12H10ClN3. The van der Waals surface area contributed by atoms with Crippen molar-refractivity contribution in [2.45, 2.75) is 0 Å². The summed E-state index contributed by atoms with van der Waals surface area (Å²) >= 11 is 5.91. The molecule has 0 unspecified atom stereocenters. The standard InChI is InChI=1S/C12H10ClN3/c1-16(2)12-6-9(7-14)15-11-5-8(13)3-4-10(11)12/h3-6H,1-2H3. The van der Waals surface area contributed by atoms with Crippen LogP contribution in [0.3, 0.4) is 0 Å². The second-order valence-corrected chi connectivity index (χ2v) is 4.13. The van der Waals surface area contributed by atoms with Gasteiger partial charge < -0.3 is 4.90 Å². The van der Waals surface area contributed by atoms with Crippen molar-refractivity contribution in [2.24, 2.45) is 0 Å². The first-order valence-corrected chi connectivity index (χ1v) is 5.17. The SMILES string of the molecule is CN(C)c1cc(C#N)nc2cc(Cl)ccc12. The molecule has 16 heavy (non-hydrogen) atoms. The summed E-state index contributed by atoms with van der Waals surface area (Å²) in [6.45, 7) is 0. The molecule has 3 nitrogen and oxygen atoms in total. The Labute approximate surface area is 98.9 Å². The summed E-state index contributed by atoms with van der Waals surface area (Å²) in [6, 6.07) is 9.34. The number of rotatable bonds is 1. The Morgan fingerprint density at radius 2 is 2.06 bits per heavy atom. The van der Waals surface area contributed by atoms with Crippen molar-refractivity contribution in [2.75, 3.05) is 19.0 Å². The number of fused-ring (bicyclic) bond motifs is 1. The zero-order valence-electron chi connectivity index (χ0n) is 9.03. The van der Waals surface area contributed by atoms with Gasteiger partial charge in [-0.25, -0.2) is 4.98 Å².